The summed E-state index contributed by atoms with van der Waals surface area (Å²) in [6.45, 7) is 0. The molecule has 0 N–H and O–H groups in total. The van der Waals surface area contributed by atoms with E-state index in [9.17, 15) is 9.59 Å². The molecule has 0 radical (unpaired) electrons. The number of esters is 2. The van der Waals surface area contributed by atoms with E-state index in [2.05, 4.69) is 15.9 Å². The summed E-state index contributed by atoms with van der Waals surface area (Å²) in [5, 5.41) is 0. The van der Waals surface area contributed by atoms with Crippen molar-refractivity contribution in [1.29, 1.82) is 0 Å². The zero-order valence-electron chi connectivity index (χ0n) is 14.4. The number of methoxy groups -OCH3 is 2. The van der Waals surface area contributed by atoms with Crippen LogP contribution < -0.4 is 9.80 Å². The average molecular weight is 407 g/mol. The summed E-state index contributed by atoms with van der Waals surface area (Å²) in [6.07, 6.45) is 6.64. The van der Waals surface area contributed by atoms with E-state index >= 15 is 0 Å². The number of hydrogen-bond donors (Lipinski definition) is 0. The van der Waals surface area contributed by atoms with Gasteiger partial charge in [-0.25, -0.2) is 9.59 Å². The summed E-state index contributed by atoms with van der Waals surface area (Å²) in [4.78, 5) is 28.2. The maximum atomic E-state index is 12.5. The van der Waals surface area contributed by atoms with Crippen molar-refractivity contribution in [3.05, 3.63) is 58.4 Å². The van der Waals surface area contributed by atoms with Gasteiger partial charge in [-0.3, -0.25) is 0 Å². The second-order valence-corrected chi connectivity index (χ2v) is 6.26. The number of hydrogen-bond acceptors (Lipinski definition) is 6. The molecule has 0 aromatic heterocycles. The fourth-order valence-corrected chi connectivity index (χ4v) is 2.77. The van der Waals surface area contributed by atoms with E-state index in [0.717, 1.165) is 10.2 Å². The maximum Gasteiger partial charge on any atom is 0.355 e. The smallest absolute Gasteiger partial charge is 0.355 e. The number of benzene rings is 1. The van der Waals surface area contributed by atoms with Crippen LogP contribution in [-0.2, 0) is 19.1 Å². The predicted octanol–water partition coefficient (Wildman–Crippen LogP) is 3.01. The molecule has 0 saturated heterocycles. The van der Waals surface area contributed by atoms with Crippen molar-refractivity contribution in [2.24, 2.45) is 0 Å². The maximum absolute atomic E-state index is 12.5. The molecule has 0 atom stereocenters. The quantitative estimate of drug-likeness (QED) is 0.716. The van der Waals surface area contributed by atoms with E-state index < -0.39 is 11.9 Å². The lowest BCUT2D eigenvalue weighted by Gasteiger charge is -2.28. The van der Waals surface area contributed by atoms with Crippen LogP contribution in [0.3, 0.4) is 0 Å². The number of carbonyl (C=O) groups is 2. The van der Waals surface area contributed by atoms with Gasteiger partial charge in [0.25, 0.3) is 0 Å². The summed E-state index contributed by atoms with van der Waals surface area (Å²) in [5.74, 6) is -1.26. The molecule has 1 aromatic rings. The SMILES string of the molecule is COC(=O)C1=C(C(=O)OC)N(c2cc(Br)ccc2N(C)C)C=CC=C1. The Morgan fingerprint density at radius 1 is 1.08 bits per heavy atom. The summed E-state index contributed by atoms with van der Waals surface area (Å²) in [7, 11) is 6.34. The minimum absolute atomic E-state index is 0.0838. The number of ether oxygens (including phenoxy) is 2. The molecule has 1 heterocycles. The lowest BCUT2D eigenvalue weighted by atomic mass is 10.1. The molecule has 1 aromatic carbocycles. The Kier molecular flexibility index (Phi) is 6.03. The Bertz CT molecular complexity index is 781. The average Bonchev–Trinajstić information content (AvgIpc) is 2.82. The molecule has 0 amide bonds. The van der Waals surface area contributed by atoms with Crippen molar-refractivity contribution < 1.29 is 19.1 Å². The summed E-state index contributed by atoms with van der Waals surface area (Å²) in [5.41, 5.74) is 1.77. The van der Waals surface area contributed by atoms with Crippen molar-refractivity contribution >= 4 is 39.2 Å². The molecule has 0 bridgehead atoms. The molecule has 25 heavy (non-hydrogen) atoms. The molecule has 0 spiro atoms. The fraction of sp³-hybridized carbons (Fsp3) is 0.222. The van der Waals surface area contributed by atoms with Crippen LogP contribution in [0.4, 0.5) is 11.4 Å². The second-order valence-electron chi connectivity index (χ2n) is 5.34. The van der Waals surface area contributed by atoms with Gasteiger partial charge in [-0.05, 0) is 30.4 Å². The molecule has 2 rings (SSSR count). The highest BCUT2D eigenvalue weighted by molar-refractivity contribution is 9.10. The van der Waals surface area contributed by atoms with E-state index in [0.29, 0.717) is 5.69 Å². The van der Waals surface area contributed by atoms with Gasteiger partial charge in [-0.1, -0.05) is 22.0 Å². The summed E-state index contributed by atoms with van der Waals surface area (Å²) >= 11 is 3.45. The first-order valence-electron chi connectivity index (χ1n) is 7.42. The third-order valence-corrected chi connectivity index (χ3v) is 4.06. The fourth-order valence-electron chi connectivity index (χ4n) is 2.42. The van der Waals surface area contributed by atoms with Gasteiger partial charge in [-0.2, -0.15) is 0 Å². The largest absolute Gasteiger partial charge is 0.465 e. The molecule has 0 fully saturated rings. The van der Waals surface area contributed by atoms with Crippen LogP contribution in [0.25, 0.3) is 0 Å². The lowest BCUT2D eigenvalue weighted by molar-refractivity contribution is -0.139. The number of rotatable bonds is 4. The number of allylic oxidation sites excluding steroid dienone is 2. The Balaban J connectivity index is 2.76. The van der Waals surface area contributed by atoms with Crippen molar-refractivity contribution in [2.75, 3.05) is 38.1 Å². The van der Waals surface area contributed by atoms with Crippen LogP contribution in [-0.4, -0.2) is 40.3 Å². The molecule has 132 valence electrons. The Labute approximate surface area is 155 Å². The van der Waals surface area contributed by atoms with Crippen LogP contribution in [0, 0.1) is 0 Å². The Morgan fingerprint density at radius 2 is 1.76 bits per heavy atom. The summed E-state index contributed by atoms with van der Waals surface area (Å²) < 4.78 is 10.6. The van der Waals surface area contributed by atoms with Crippen LogP contribution in [0.5, 0.6) is 0 Å². The standard InChI is InChI=1S/C18H19BrN2O4/c1-20(2)14-9-8-12(19)11-15(14)21-10-6-5-7-13(17(22)24-3)16(21)18(23)25-4/h5-11H,1-4H3. The van der Waals surface area contributed by atoms with E-state index in [4.69, 9.17) is 9.47 Å². The molecule has 7 heteroatoms. The molecular formula is C18H19BrN2O4. The molecule has 0 aliphatic carbocycles. The molecule has 1 aliphatic rings. The highest BCUT2D eigenvalue weighted by Gasteiger charge is 2.28. The number of anilines is 2. The minimum Gasteiger partial charge on any atom is -0.465 e. The van der Waals surface area contributed by atoms with Crippen molar-refractivity contribution in [3.8, 4) is 0 Å². The third kappa shape index (κ3) is 3.93. The van der Waals surface area contributed by atoms with Gasteiger partial charge in [-0.15, -0.1) is 0 Å². The molecule has 0 saturated carbocycles. The van der Waals surface area contributed by atoms with Crippen LogP contribution in [0.15, 0.2) is 58.4 Å². The lowest BCUT2D eigenvalue weighted by Crippen LogP contribution is -2.28. The Hall–Kier alpha value is -2.54. The van der Waals surface area contributed by atoms with Crippen molar-refractivity contribution in [2.45, 2.75) is 0 Å². The van der Waals surface area contributed by atoms with E-state index in [-0.39, 0.29) is 11.3 Å². The Morgan fingerprint density at radius 3 is 2.36 bits per heavy atom. The highest BCUT2D eigenvalue weighted by Crippen LogP contribution is 2.35. The van der Waals surface area contributed by atoms with Crippen molar-refractivity contribution in [3.63, 3.8) is 0 Å². The topological polar surface area (TPSA) is 59.1 Å². The van der Waals surface area contributed by atoms with Gasteiger partial charge in [0.2, 0.25) is 0 Å². The number of nitrogens with zero attached hydrogens (tertiary/aromatic N) is 2. The normalized spacial score (nSPS) is 13.6. The van der Waals surface area contributed by atoms with E-state index in [1.807, 2.05) is 37.2 Å². The molecule has 1 aliphatic heterocycles. The first-order valence-corrected chi connectivity index (χ1v) is 8.22. The number of halogens is 1. The van der Waals surface area contributed by atoms with Crippen LogP contribution in [0.2, 0.25) is 0 Å². The van der Waals surface area contributed by atoms with Gasteiger partial charge in [0.05, 0.1) is 31.2 Å². The molecule has 0 unspecified atom stereocenters. The summed E-state index contributed by atoms with van der Waals surface area (Å²) in [6, 6.07) is 5.68. The van der Waals surface area contributed by atoms with Gasteiger partial charge in [0, 0.05) is 24.8 Å². The van der Waals surface area contributed by atoms with Gasteiger partial charge >= 0.3 is 11.9 Å². The first-order chi connectivity index (χ1) is 11.9. The molecular weight excluding hydrogens is 388 g/mol. The zero-order valence-corrected chi connectivity index (χ0v) is 16.0. The number of carbonyl (C=O) groups excluding carboxylic acids is 2. The highest BCUT2D eigenvalue weighted by atomic mass is 79.9. The van der Waals surface area contributed by atoms with Crippen LogP contribution >= 0.6 is 15.9 Å². The van der Waals surface area contributed by atoms with Gasteiger partial charge in [0.15, 0.2) is 0 Å². The minimum atomic E-state index is -0.638. The van der Waals surface area contributed by atoms with Gasteiger partial charge < -0.3 is 19.3 Å². The molecule has 6 nitrogen and oxygen atoms in total. The van der Waals surface area contributed by atoms with E-state index in [1.165, 1.54) is 20.3 Å². The third-order valence-electron chi connectivity index (χ3n) is 3.57. The van der Waals surface area contributed by atoms with Gasteiger partial charge in [0.1, 0.15) is 5.70 Å². The monoisotopic (exact) mass is 406 g/mol. The van der Waals surface area contributed by atoms with Crippen LogP contribution in [0.1, 0.15) is 0 Å². The first kappa shape index (κ1) is 18.8. The van der Waals surface area contributed by atoms with Crippen molar-refractivity contribution in [1.82, 2.24) is 0 Å². The zero-order chi connectivity index (χ0) is 18.6. The second kappa shape index (κ2) is 8.02. The predicted molar refractivity (Wildman–Crippen MR) is 100 cm³/mol. The van der Waals surface area contributed by atoms with E-state index in [1.54, 1.807) is 23.3 Å².